The van der Waals surface area contributed by atoms with Gasteiger partial charge < -0.3 is 15.1 Å². The van der Waals surface area contributed by atoms with Gasteiger partial charge in [0, 0.05) is 68.2 Å². The second-order valence-corrected chi connectivity index (χ2v) is 9.12. The molecule has 0 aliphatic carbocycles. The Balaban J connectivity index is 1.53. The molecule has 6 nitrogen and oxygen atoms in total. The highest BCUT2D eigenvalue weighted by Crippen LogP contribution is 2.35. The van der Waals surface area contributed by atoms with E-state index in [0.29, 0.717) is 19.5 Å². The lowest BCUT2D eigenvalue weighted by atomic mass is 9.86. The van der Waals surface area contributed by atoms with Crippen molar-refractivity contribution in [2.75, 3.05) is 44.6 Å². The maximum atomic E-state index is 13.0. The highest BCUT2D eigenvalue weighted by Gasteiger charge is 2.46. The molecule has 2 aliphatic heterocycles. The van der Waals surface area contributed by atoms with Crippen molar-refractivity contribution < 1.29 is 9.59 Å². The van der Waals surface area contributed by atoms with Crippen molar-refractivity contribution in [2.45, 2.75) is 19.9 Å². The average molecular weight is 413 g/mol. The van der Waals surface area contributed by atoms with Gasteiger partial charge in [0.05, 0.1) is 0 Å². The van der Waals surface area contributed by atoms with Crippen LogP contribution in [0.15, 0.2) is 47.8 Å². The van der Waals surface area contributed by atoms with E-state index in [9.17, 15) is 9.59 Å². The van der Waals surface area contributed by atoms with Gasteiger partial charge in [0.1, 0.15) is 0 Å². The van der Waals surface area contributed by atoms with Crippen molar-refractivity contribution in [3.05, 3.63) is 52.7 Å². The Bertz CT molecular complexity index is 842. The number of amides is 3. The lowest BCUT2D eigenvalue weighted by Gasteiger charge is -2.33. The van der Waals surface area contributed by atoms with Crippen LogP contribution in [-0.4, -0.2) is 65.9 Å². The first-order chi connectivity index (χ1) is 14.1. The lowest BCUT2D eigenvalue weighted by Crippen LogP contribution is -2.45. The van der Waals surface area contributed by atoms with E-state index in [4.69, 9.17) is 0 Å². The molecule has 2 saturated heterocycles. The fourth-order valence-corrected chi connectivity index (χ4v) is 5.23. The third-order valence-corrected chi connectivity index (χ3v) is 6.69. The molecule has 1 N–H and O–H groups in total. The number of urea groups is 1. The summed E-state index contributed by atoms with van der Waals surface area (Å²) in [6.45, 7) is 7.25. The van der Waals surface area contributed by atoms with Crippen LogP contribution in [0.4, 0.5) is 10.5 Å². The van der Waals surface area contributed by atoms with Gasteiger partial charge in [-0.2, -0.15) is 0 Å². The molecule has 1 aromatic carbocycles. The van der Waals surface area contributed by atoms with Crippen LogP contribution in [0.2, 0.25) is 0 Å². The molecular weight excluding hydrogens is 384 g/mol. The van der Waals surface area contributed by atoms with E-state index in [-0.39, 0.29) is 17.4 Å². The number of hydrogen-bond acceptors (Lipinski definition) is 4. The van der Waals surface area contributed by atoms with Crippen LogP contribution >= 0.6 is 11.3 Å². The highest BCUT2D eigenvalue weighted by molar-refractivity contribution is 7.09. The molecule has 3 amide bonds. The number of para-hydroxylation sites is 1. The minimum atomic E-state index is -0.213. The van der Waals surface area contributed by atoms with Gasteiger partial charge in [-0.3, -0.25) is 9.69 Å². The van der Waals surface area contributed by atoms with Crippen LogP contribution in [0.3, 0.4) is 0 Å². The smallest absolute Gasteiger partial charge is 0.321 e. The van der Waals surface area contributed by atoms with Crippen LogP contribution in [0.5, 0.6) is 0 Å². The average Bonchev–Trinajstić information content (AvgIpc) is 3.28. The van der Waals surface area contributed by atoms with Gasteiger partial charge in [0.15, 0.2) is 0 Å². The monoisotopic (exact) mass is 412 g/mol. The number of rotatable bonds is 4. The predicted molar refractivity (Wildman–Crippen MR) is 116 cm³/mol. The first-order valence-corrected chi connectivity index (χ1v) is 11.1. The van der Waals surface area contributed by atoms with Gasteiger partial charge in [-0.05, 0) is 30.5 Å². The van der Waals surface area contributed by atoms with Crippen molar-refractivity contribution in [3.8, 4) is 0 Å². The van der Waals surface area contributed by atoms with Crippen LogP contribution in [0.25, 0.3) is 0 Å². The van der Waals surface area contributed by atoms with Gasteiger partial charge in [-0.25, -0.2) is 4.79 Å². The molecule has 154 valence electrons. The van der Waals surface area contributed by atoms with E-state index in [1.54, 1.807) is 11.3 Å². The molecular formula is C22H28N4O2S. The molecule has 2 aliphatic rings. The Morgan fingerprint density at radius 3 is 2.62 bits per heavy atom. The molecule has 2 fully saturated rings. The fraction of sp³-hybridized carbons (Fsp3) is 0.455. The van der Waals surface area contributed by atoms with E-state index >= 15 is 0 Å². The Hall–Kier alpha value is -2.38. The SMILES string of the molecule is CCN1C[C@@]2(CC1=O)CN(Cc1cccs1)CCN(C(=O)Nc1ccccc1)C2. The number of likely N-dealkylation sites (tertiary alicyclic amines) is 1. The Morgan fingerprint density at radius 1 is 1.10 bits per heavy atom. The summed E-state index contributed by atoms with van der Waals surface area (Å²) in [7, 11) is 0. The van der Waals surface area contributed by atoms with Gasteiger partial charge in [0.25, 0.3) is 0 Å². The van der Waals surface area contributed by atoms with E-state index in [1.165, 1.54) is 4.88 Å². The van der Waals surface area contributed by atoms with Gasteiger partial charge in [-0.1, -0.05) is 24.3 Å². The molecule has 1 atom stereocenters. The van der Waals surface area contributed by atoms with E-state index in [0.717, 1.165) is 38.4 Å². The molecule has 0 unspecified atom stereocenters. The van der Waals surface area contributed by atoms with E-state index in [2.05, 4.69) is 27.7 Å². The van der Waals surface area contributed by atoms with Crippen molar-refractivity contribution in [1.82, 2.24) is 14.7 Å². The van der Waals surface area contributed by atoms with Gasteiger partial charge >= 0.3 is 6.03 Å². The first-order valence-electron chi connectivity index (χ1n) is 10.2. The summed E-state index contributed by atoms with van der Waals surface area (Å²) in [5, 5.41) is 5.11. The summed E-state index contributed by atoms with van der Waals surface area (Å²) in [6.07, 6.45) is 0.511. The second kappa shape index (κ2) is 8.55. The number of benzene rings is 1. The van der Waals surface area contributed by atoms with E-state index < -0.39 is 0 Å². The number of carbonyl (C=O) groups excluding carboxylic acids is 2. The summed E-state index contributed by atoms with van der Waals surface area (Å²) in [5.41, 5.74) is 0.582. The fourth-order valence-electron chi connectivity index (χ4n) is 4.49. The molecule has 7 heteroatoms. The summed E-state index contributed by atoms with van der Waals surface area (Å²) in [4.78, 5) is 33.1. The van der Waals surface area contributed by atoms with Crippen LogP contribution in [0, 0.1) is 5.41 Å². The van der Waals surface area contributed by atoms with Crippen molar-refractivity contribution in [3.63, 3.8) is 0 Å². The van der Waals surface area contributed by atoms with E-state index in [1.807, 2.05) is 47.1 Å². The minimum Gasteiger partial charge on any atom is -0.342 e. The number of hydrogen-bond donors (Lipinski definition) is 1. The standard InChI is InChI=1S/C22H28N4O2S/c1-2-25-16-22(13-20(25)27)15-24(14-19-9-6-12-29-19)10-11-26(17-22)21(28)23-18-7-4-3-5-8-18/h3-9,12H,2,10-11,13-17H2,1H3,(H,23,28)/t22-/m1/s1. The quantitative estimate of drug-likeness (QED) is 0.838. The number of nitrogens with zero attached hydrogens (tertiary/aromatic N) is 3. The van der Waals surface area contributed by atoms with Crippen molar-refractivity contribution in [1.29, 1.82) is 0 Å². The molecule has 0 bridgehead atoms. The second-order valence-electron chi connectivity index (χ2n) is 8.09. The van der Waals surface area contributed by atoms with Crippen molar-refractivity contribution >= 4 is 29.0 Å². The van der Waals surface area contributed by atoms with Crippen LogP contribution in [-0.2, 0) is 11.3 Å². The molecule has 1 spiro atoms. The molecule has 2 aromatic rings. The minimum absolute atomic E-state index is 0.0871. The van der Waals surface area contributed by atoms with Gasteiger partial charge in [0.2, 0.25) is 5.91 Å². The van der Waals surface area contributed by atoms with Crippen LogP contribution in [0.1, 0.15) is 18.2 Å². The normalized spacial score (nSPS) is 22.9. The number of anilines is 1. The zero-order chi connectivity index (χ0) is 20.3. The summed E-state index contributed by atoms with van der Waals surface area (Å²) < 4.78 is 0. The topological polar surface area (TPSA) is 55.9 Å². The maximum absolute atomic E-state index is 13.0. The third kappa shape index (κ3) is 4.62. The molecule has 0 radical (unpaired) electrons. The lowest BCUT2D eigenvalue weighted by molar-refractivity contribution is -0.127. The zero-order valence-electron chi connectivity index (χ0n) is 16.8. The maximum Gasteiger partial charge on any atom is 0.321 e. The number of nitrogens with one attached hydrogen (secondary N) is 1. The Kier molecular flexibility index (Phi) is 5.87. The summed E-state index contributed by atoms with van der Waals surface area (Å²) in [6, 6.07) is 13.7. The molecule has 1 aromatic heterocycles. The molecule has 0 saturated carbocycles. The zero-order valence-corrected chi connectivity index (χ0v) is 17.7. The highest BCUT2D eigenvalue weighted by atomic mass is 32.1. The van der Waals surface area contributed by atoms with Crippen molar-refractivity contribution in [2.24, 2.45) is 5.41 Å². The Labute approximate surface area is 176 Å². The summed E-state index contributed by atoms with van der Waals surface area (Å²) >= 11 is 1.76. The first kappa shape index (κ1) is 19.9. The van der Waals surface area contributed by atoms with Crippen LogP contribution < -0.4 is 5.32 Å². The largest absolute Gasteiger partial charge is 0.342 e. The summed E-state index contributed by atoms with van der Waals surface area (Å²) in [5.74, 6) is 0.203. The number of carbonyl (C=O) groups is 2. The predicted octanol–water partition coefficient (Wildman–Crippen LogP) is 3.34. The molecule has 29 heavy (non-hydrogen) atoms. The van der Waals surface area contributed by atoms with Gasteiger partial charge in [-0.15, -0.1) is 11.3 Å². The molecule has 4 rings (SSSR count). The molecule has 3 heterocycles. The number of thiophene rings is 1. The third-order valence-electron chi connectivity index (χ3n) is 5.83. The Morgan fingerprint density at radius 2 is 1.93 bits per heavy atom.